The summed E-state index contributed by atoms with van der Waals surface area (Å²) in [4.78, 5) is 0. The average Bonchev–Trinajstić information content (AvgIpc) is 3.07. The summed E-state index contributed by atoms with van der Waals surface area (Å²) < 4.78 is 0. The van der Waals surface area contributed by atoms with Crippen LogP contribution in [0.5, 0.6) is 0 Å². The van der Waals surface area contributed by atoms with Gasteiger partial charge in [-0.15, -0.1) is 0 Å². The van der Waals surface area contributed by atoms with E-state index in [0.717, 1.165) is 6.42 Å². The molecule has 2 aromatic rings. The second kappa shape index (κ2) is 10.1. The molecule has 0 N–H and O–H groups in total. The summed E-state index contributed by atoms with van der Waals surface area (Å²) in [7, 11) is 0. The van der Waals surface area contributed by atoms with E-state index in [1.165, 1.54) is 30.4 Å². The molecule has 0 saturated heterocycles. The van der Waals surface area contributed by atoms with E-state index in [1.807, 2.05) is 0 Å². The zero-order valence-electron chi connectivity index (χ0n) is 12.6. The summed E-state index contributed by atoms with van der Waals surface area (Å²) in [6.45, 7) is 8.84. The van der Waals surface area contributed by atoms with E-state index in [2.05, 4.69) is 64.1 Å². The molecular weight excluding hydrogens is 272 g/mol. The molecule has 0 amide bonds. The van der Waals surface area contributed by atoms with E-state index in [1.54, 1.807) is 11.1 Å². The van der Waals surface area contributed by atoms with E-state index in [-0.39, 0.29) is 17.1 Å². The van der Waals surface area contributed by atoms with Gasteiger partial charge < -0.3 is 0 Å². The number of rotatable bonds is 4. The van der Waals surface area contributed by atoms with Gasteiger partial charge in [-0.05, 0) is 0 Å². The van der Waals surface area contributed by atoms with Gasteiger partial charge in [0, 0.05) is 0 Å². The van der Waals surface area contributed by atoms with E-state index in [9.17, 15) is 0 Å². The molecule has 0 saturated carbocycles. The van der Waals surface area contributed by atoms with Crippen LogP contribution in [0.15, 0.2) is 36.4 Å². The molecule has 2 rings (SSSR count). The molecule has 0 aliphatic carbocycles. The molecule has 0 aliphatic heterocycles. The van der Waals surface area contributed by atoms with Gasteiger partial charge in [0.2, 0.25) is 0 Å². The number of hydrogen-bond acceptors (Lipinski definition) is 0. The van der Waals surface area contributed by atoms with Crippen LogP contribution in [0.3, 0.4) is 0 Å². The topological polar surface area (TPSA) is 0 Å². The number of aryl methyl sites for hydroxylation is 4. The summed E-state index contributed by atoms with van der Waals surface area (Å²) in [5.41, 5.74) is 6.02. The number of hydrogen-bond donors (Lipinski definition) is 0. The third-order valence-corrected chi connectivity index (χ3v) is 3.44. The fourth-order valence-electron chi connectivity index (χ4n) is 2.19. The van der Waals surface area contributed by atoms with Crippen LogP contribution in [-0.4, -0.2) is 0 Å². The maximum absolute atomic E-state index is 2.35. The molecule has 106 valence electrons. The van der Waals surface area contributed by atoms with E-state index in [4.69, 9.17) is 0 Å². The molecule has 19 heavy (non-hydrogen) atoms. The summed E-state index contributed by atoms with van der Waals surface area (Å²) in [6.07, 6.45) is 4.70. The van der Waals surface area contributed by atoms with Crippen molar-refractivity contribution in [3.63, 3.8) is 0 Å². The largest absolute Gasteiger partial charge is 2.00 e. The van der Waals surface area contributed by atoms with Crippen molar-refractivity contribution in [2.24, 2.45) is 0 Å². The van der Waals surface area contributed by atoms with Gasteiger partial charge in [0.15, 0.2) is 0 Å². The Kier molecular flexibility index (Phi) is 9.65. The van der Waals surface area contributed by atoms with Gasteiger partial charge in [0.1, 0.15) is 0 Å². The molecule has 0 radical (unpaired) electrons. The Hall–Kier alpha value is -0.781. The summed E-state index contributed by atoms with van der Waals surface area (Å²) in [5, 5.41) is 0. The summed E-state index contributed by atoms with van der Waals surface area (Å²) in [6, 6.07) is 13.1. The van der Waals surface area contributed by atoms with Crippen LogP contribution in [0.1, 0.15) is 49.9 Å². The third kappa shape index (κ3) is 5.80. The van der Waals surface area contributed by atoms with Gasteiger partial charge in [0.05, 0.1) is 0 Å². The monoisotopic (exact) mass is 298 g/mol. The first-order chi connectivity index (χ1) is 8.74. The summed E-state index contributed by atoms with van der Waals surface area (Å²) >= 11 is 0. The van der Waals surface area contributed by atoms with Crippen molar-refractivity contribution in [3.8, 4) is 0 Å². The van der Waals surface area contributed by atoms with Crippen LogP contribution in [0, 0.1) is 0 Å². The van der Waals surface area contributed by atoms with Crippen molar-refractivity contribution in [1.29, 1.82) is 0 Å². The predicted octanol–water partition coefficient (Wildman–Crippen LogP) is 5.06. The molecule has 0 aliphatic rings. The molecule has 0 bridgehead atoms. The standard InChI is InChI=1S/C11H17.C7H9.Fe/c1-4-9-7-10(5-2)11(6-3)8-9;1-2-7-5-3-4-6-7;/h7-8H,4-6H2,1-3H3;3-6H,2H2,1H3;/q2*-1;+2. The Labute approximate surface area is 129 Å². The smallest absolute Gasteiger partial charge is 0.213 e. The first kappa shape index (κ1) is 18.2. The molecule has 0 nitrogen and oxygen atoms in total. The van der Waals surface area contributed by atoms with E-state index in [0.29, 0.717) is 0 Å². The van der Waals surface area contributed by atoms with Crippen molar-refractivity contribution < 1.29 is 17.1 Å². The fraction of sp³-hybridized carbons (Fsp3) is 0.444. The van der Waals surface area contributed by atoms with Gasteiger partial charge in [0.25, 0.3) is 0 Å². The van der Waals surface area contributed by atoms with Crippen LogP contribution in [0.2, 0.25) is 0 Å². The van der Waals surface area contributed by atoms with Crippen LogP contribution >= 0.6 is 0 Å². The van der Waals surface area contributed by atoms with Crippen LogP contribution < -0.4 is 0 Å². The molecule has 0 unspecified atom stereocenters. The molecule has 1 heteroatoms. The molecular formula is C18H26Fe. The minimum atomic E-state index is 0. The Morgan fingerprint density at radius 1 is 0.895 bits per heavy atom. The van der Waals surface area contributed by atoms with Crippen LogP contribution in [0.25, 0.3) is 0 Å². The molecule has 2 aromatic carbocycles. The second-order valence-corrected chi connectivity index (χ2v) is 4.62. The maximum Gasteiger partial charge on any atom is 2.00 e. The molecule has 0 spiro atoms. The quantitative estimate of drug-likeness (QED) is 0.547. The second-order valence-electron chi connectivity index (χ2n) is 4.62. The van der Waals surface area contributed by atoms with Crippen LogP contribution in [-0.2, 0) is 42.8 Å². The van der Waals surface area contributed by atoms with E-state index < -0.39 is 0 Å². The van der Waals surface area contributed by atoms with Gasteiger partial charge in [-0.1, -0.05) is 53.4 Å². The van der Waals surface area contributed by atoms with Gasteiger partial charge >= 0.3 is 17.1 Å². The van der Waals surface area contributed by atoms with Crippen molar-refractivity contribution in [1.82, 2.24) is 0 Å². The Bertz CT molecular complexity index is 399. The normalized spacial score (nSPS) is 9.47. The van der Waals surface area contributed by atoms with Gasteiger partial charge in [-0.3, -0.25) is 0 Å². The third-order valence-electron chi connectivity index (χ3n) is 3.44. The van der Waals surface area contributed by atoms with Gasteiger partial charge in [-0.25, -0.2) is 18.2 Å². The molecule has 0 heterocycles. The van der Waals surface area contributed by atoms with E-state index >= 15 is 0 Å². The molecule has 0 aromatic heterocycles. The zero-order valence-corrected chi connectivity index (χ0v) is 13.8. The summed E-state index contributed by atoms with van der Waals surface area (Å²) in [5.74, 6) is 0. The maximum atomic E-state index is 2.35. The minimum absolute atomic E-state index is 0. The van der Waals surface area contributed by atoms with Crippen molar-refractivity contribution in [2.45, 2.75) is 53.4 Å². The van der Waals surface area contributed by atoms with Crippen LogP contribution in [0.4, 0.5) is 0 Å². The van der Waals surface area contributed by atoms with Crippen molar-refractivity contribution in [3.05, 3.63) is 58.7 Å². The Morgan fingerprint density at radius 3 is 1.89 bits per heavy atom. The molecule has 0 fully saturated rings. The fourth-order valence-corrected chi connectivity index (χ4v) is 2.19. The predicted molar refractivity (Wildman–Crippen MR) is 81.6 cm³/mol. The Balaban J connectivity index is 0.000000352. The minimum Gasteiger partial charge on any atom is -0.213 e. The zero-order chi connectivity index (χ0) is 13.4. The van der Waals surface area contributed by atoms with Crippen molar-refractivity contribution >= 4 is 0 Å². The average molecular weight is 298 g/mol. The van der Waals surface area contributed by atoms with Crippen molar-refractivity contribution in [2.75, 3.05) is 0 Å². The first-order valence-corrected chi connectivity index (χ1v) is 7.22. The Morgan fingerprint density at radius 2 is 1.58 bits per heavy atom. The van der Waals surface area contributed by atoms with Gasteiger partial charge in [-0.2, -0.15) is 40.5 Å². The first-order valence-electron chi connectivity index (χ1n) is 7.22. The molecule has 0 atom stereocenters. The SMILES string of the molecule is CCc1cc(CC)c(CC)[cH-]1.CCc1ccc[cH-]1.[Fe+2].